The average molecular weight is 454 g/mol. The van der Waals surface area contributed by atoms with Crippen molar-refractivity contribution in [2.45, 2.75) is 74.3 Å². The summed E-state index contributed by atoms with van der Waals surface area (Å²) >= 11 is 0. The molecule has 5 aliphatic carbocycles. The van der Waals surface area contributed by atoms with Crippen LogP contribution in [0.15, 0.2) is 0 Å². The quantitative estimate of drug-likeness (QED) is 0.446. The first kappa shape index (κ1) is 22.2. The molecule has 0 radical (unpaired) electrons. The summed E-state index contributed by atoms with van der Waals surface area (Å²) in [4.78, 5) is 2.37. The van der Waals surface area contributed by atoms with Gasteiger partial charge in [0.2, 0.25) is 0 Å². The van der Waals surface area contributed by atoms with Crippen LogP contribution in [0, 0.1) is 34.5 Å². The molecule has 182 valence electrons. The fraction of sp³-hybridized carbons (Fsp3) is 1.00. The van der Waals surface area contributed by atoms with Gasteiger partial charge in [-0.3, -0.25) is 4.90 Å². The molecular weight excluding hydrogens is 414 g/mol. The van der Waals surface area contributed by atoms with Gasteiger partial charge in [0, 0.05) is 74.8 Å². The largest absolute Gasteiger partial charge is 0.392 e. The van der Waals surface area contributed by atoms with Gasteiger partial charge in [-0.15, -0.1) is 0 Å². The maximum absolute atomic E-state index is 12.8. The van der Waals surface area contributed by atoms with Crippen molar-refractivity contribution >= 4 is 0 Å². The summed E-state index contributed by atoms with van der Waals surface area (Å²) in [7, 11) is 5.02. The van der Waals surface area contributed by atoms with Crippen LogP contribution in [0.5, 0.6) is 0 Å². The Hall–Kier alpha value is -0.320. The smallest absolute Gasteiger partial charge is 0.0832 e. The van der Waals surface area contributed by atoms with E-state index in [1.807, 2.05) is 0 Å². The minimum Gasteiger partial charge on any atom is -0.392 e. The minimum absolute atomic E-state index is 0.159. The van der Waals surface area contributed by atoms with E-state index in [0.717, 1.165) is 19.5 Å². The molecule has 1 heterocycles. The molecule has 6 aliphatic rings. The zero-order valence-corrected chi connectivity index (χ0v) is 19.6. The average Bonchev–Trinajstić information content (AvgIpc) is 3.15. The number of hydrogen-bond donors (Lipinski definition) is 4. The number of aliphatic hydroxyl groups excluding tert-OH is 2. The van der Waals surface area contributed by atoms with E-state index in [0.29, 0.717) is 25.9 Å². The van der Waals surface area contributed by atoms with Crippen LogP contribution < -0.4 is 0 Å². The molecule has 7 bridgehead atoms. The van der Waals surface area contributed by atoms with Crippen molar-refractivity contribution in [3.63, 3.8) is 0 Å². The number of likely N-dealkylation sites (tertiary alicyclic amines) is 1. The Morgan fingerprint density at radius 3 is 2.41 bits per heavy atom. The number of rotatable bonds is 5. The summed E-state index contributed by atoms with van der Waals surface area (Å²) in [5, 5.41) is 48.5. The van der Waals surface area contributed by atoms with Crippen LogP contribution in [0.1, 0.15) is 32.6 Å². The molecule has 32 heavy (non-hydrogen) atoms. The van der Waals surface area contributed by atoms with E-state index >= 15 is 0 Å². The van der Waals surface area contributed by atoms with Gasteiger partial charge in [-0.25, -0.2) is 0 Å². The minimum atomic E-state index is -1.41. The number of ether oxygens (including phenoxy) is 3. The molecule has 8 heteroatoms. The third-order valence-electron chi connectivity index (χ3n) is 11.2. The Morgan fingerprint density at radius 1 is 1.03 bits per heavy atom. The van der Waals surface area contributed by atoms with Crippen LogP contribution in [0.25, 0.3) is 0 Å². The molecule has 8 nitrogen and oxygen atoms in total. The number of methoxy groups -OCH3 is 3. The van der Waals surface area contributed by atoms with Gasteiger partial charge in [-0.1, -0.05) is 6.92 Å². The van der Waals surface area contributed by atoms with Crippen LogP contribution in [0.2, 0.25) is 0 Å². The number of aliphatic hydroxyl groups is 4. The Labute approximate surface area is 189 Å². The Kier molecular flexibility index (Phi) is 4.62. The van der Waals surface area contributed by atoms with E-state index in [2.05, 4.69) is 11.8 Å². The molecule has 6 fully saturated rings. The molecule has 4 N–H and O–H groups in total. The number of nitrogens with zero attached hydrogens (tertiary/aromatic N) is 1. The van der Waals surface area contributed by atoms with E-state index in [-0.39, 0.29) is 41.4 Å². The van der Waals surface area contributed by atoms with Crippen LogP contribution in [0.3, 0.4) is 0 Å². The molecule has 0 amide bonds. The fourth-order valence-corrected chi connectivity index (χ4v) is 10.7. The molecule has 0 aromatic carbocycles. The second kappa shape index (κ2) is 6.66. The van der Waals surface area contributed by atoms with Gasteiger partial charge in [0.25, 0.3) is 0 Å². The van der Waals surface area contributed by atoms with Crippen LogP contribution in [0.4, 0.5) is 0 Å². The predicted molar refractivity (Wildman–Crippen MR) is 114 cm³/mol. The third kappa shape index (κ3) is 2.03. The second-order valence-corrected chi connectivity index (χ2v) is 11.7. The number of hydrogen-bond acceptors (Lipinski definition) is 8. The standard InChI is InChI=1S/C24H39NO7/c1-5-25-10-21(11-30-2)7-6-14(26)24-19(21)17(32-4)15(20(24)25)22(28)9-13(31-3)12-8-23(24,29)18(22)16(12)27/h12-20,26-29H,5-11H2,1-4H3/t12-,13+,14+,15?,16+,17+,18-,19-,20-,21+,22+,23+,24-/m0/s1. The van der Waals surface area contributed by atoms with E-state index in [1.165, 1.54) is 0 Å². The Balaban J connectivity index is 1.67. The normalized spacial score (nSPS) is 62.4. The van der Waals surface area contributed by atoms with Gasteiger partial charge in [-0.2, -0.15) is 0 Å². The van der Waals surface area contributed by atoms with Crippen LogP contribution in [-0.2, 0) is 14.2 Å². The summed E-state index contributed by atoms with van der Waals surface area (Å²) in [5.74, 6) is -1.47. The molecule has 1 unspecified atom stereocenters. The number of piperidine rings is 1. The van der Waals surface area contributed by atoms with Crippen LogP contribution >= 0.6 is 0 Å². The van der Waals surface area contributed by atoms with Gasteiger partial charge >= 0.3 is 0 Å². The van der Waals surface area contributed by atoms with Gasteiger partial charge in [-0.05, 0) is 25.8 Å². The fourth-order valence-electron chi connectivity index (χ4n) is 10.7. The summed E-state index contributed by atoms with van der Waals surface area (Å²) < 4.78 is 17.8. The Morgan fingerprint density at radius 2 is 1.78 bits per heavy atom. The zero-order valence-electron chi connectivity index (χ0n) is 19.6. The van der Waals surface area contributed by atoms with Crippen LogP contribution in [-0.4, -0.2) is 108 Å². The SMILES string of the molecule is CCN1C[C@@]2(COC)CC[C@@H](O)[C@@]34[C@@H]1C([C@@H](OC)[C@@H]23)[C@]1(O)C[C@@H](OC)[C@@H]2C[C@@]4(O)[C@H]1[C@@H]2O. The van der Waals surface area contributed by atoms with Crippen molar-refractivity contribution in [1.29, 1.82) is 0 Å². The van der Waals surface area contributed by atoms with Crippen molar-refractivity contribution in [3.05, 3.63) is 0 Å². The van der Waals surface area contributed by atoms with Gasteiger partial charge in [0.15, 0.2) is 0 Å². The molecular formula is C24H39NO7. The first-order chi connectivity index (χ1) is 15.2. The molecule has 13 atom stereocenters. The monoisotopic (exact) mass is 453 g/mol. The summed E-state index contributed by atoms with van der Waals surface area (Å²) in [6.45, 7) is 4.18. The van der Waals surface area contributed by atoms with E-state index in [1.54, 1.807) is 21.3 Å². The lowest BCUT2D eigenvalue weighted by molar-refractivity contribution is -0.325. The maximum Gasteiger partial charge on any atom is 0.0832 e. The lowest BCUT2D eigenvalue weighted by atomic mass is 9.41. The predicted octanol–water partition coefficient (Wildman–Crippen LogP) is -0.383. The molecule has 0 aromatic rings. The highest BCUT2D eigenvalue weighted by Gasteiger charge is 2.90. The first-order valence-electron chi connectivity index (χ1n) is 12.3. The first-order valence-corrected chi connectivity index (χ1v) is 12.3. The molecule has 0 aromatic heterocycles. The maximum atomic E-state index is 12.8. The zero-order chi connectivity index (χ0) is 22.8. The van der Waals surface area contributed by atoms with Crippen molar-refractivity contribution in [2.75, 3.05) is 41.0 Å². The van der Waals surface area contributed by atoms with Gasteiger partial charge < -0.3 is 34.6 Å². The van der Waals surface area contributed by atoms with Crippen molar-refractivity contribution in [1.82, 2.24) is 4.90 Å². The molecule has 1 spiro atoms. The summed E-state index contributed by atoms with van der Waals surface area (Å²) in [6.07, 6.45) is -0.229. The highest BCUT2D eigenvalue weighted by Crippen LogP contribution is 2.80. The van der Waals surface area contributed by atoms with Gasteiger partial charge in [0.1, 0.15) is 0 Å². The van der Waals surface area contributed by atoms with E-state index in [9.17, 15) is 20.4 Å². The Bertz CT molecular complexity index is 798. The second-order valence-electron chi connectivity index (χ2n) is 11.7. The third-order valence-corrected chi connectivity index (χ3v) is 11.2. The van der Waals surface area contributed by atoms with Crippen molar-refractivity contribution < 1.29 is 34.6 Å². The highest BCUT2D eigenvalue weighted by molar-refractivity contribution is 5.40. The molecule has 1 saturated heterocycles. The van der Waals surface area contributed by atoms with Crippen molar-refractivity contribution in [3.8, 4) is 0 Å². The lowest BCUT2D eigenvalue weighted by Crippen LogP contribution is -2.82. The summed E-state index contributed by atoms with van der Waals surface area (Å²) in [5.41, 5.74) is -3.93. The van der Waals surface area contributed by atoms with Gasteiger partial charge in [0.05, 0.1) is 42.2 Å². The van der Waals surface area contributed by atoms with Crippen molar-refractivity contribution in [2.24, 2.45) is 34.5 Å². The summed E-state index contributed by atoms with van der Waals surface area (Å²) in [6, 6.07) is -0.226. The number of fused-ring (bicyclic) bond motifs is 2. The topological polar surface area (TPSA) is 112 Å². The van der Waals surface area contributed by atoms with E-state index in [4.69, 9.17) is 14.2 Å². The molecule has 1 aliphatic heterocycles. The molecule has 5 saturated carbocycles. The molecule has 6 rings (SSSR count). The highest BCUT2D eigenvalue weighted by atomic mass is 16.5. The van der Waals surface area contributed by atoms with E-state index < -0.39 is 34.7 Å². The lowest BCUT2D eigenvalue weighted by Gasteiger charge is -2.71.